The zero-order valence-electron chi connectivity index (χ0n) is 10.6. The fourth-order valence-corrected chi connectivity index (χ4v) is 1.97. The highest BCUT2D eigenvalue weighted by Crippen LogP contribution is 2.13. The lowest BCUT2D eigenvalue weighted by molar-refractivity contribution is 0.0980. The van der Waals surface area contributed by atoms with E-state index < -0.39 is 5.78 Å². The number of allylic oxidation sites excluding steroid dienone is 1. The molecule has 2 aromatic carbocycles. The Labute approximate surface area is 115 Å². The minimum absolute atomic E-state index is 0.338. The quantitative estimate of drug-likeness (QED) is 0.433. The number of benzene rings is 2. The summed E-state index contributed by atoms with van der Waals surface area (Å²) in [5, 5.41) is 9.90. The van der Waals surface area contributed by atoms with Gasteiger partial charge in [-0.15, -0.1) is 0 Å². The molecule has 0 aliphatic carbocycles. The van der Waals surface area contributed by atoms with E-state index in [1.807, 2.05) is 30.3 Å². The molecule has 1 heterocycles. The lowest BCUT2D eigenvalue weighted by atomic mass is 10.1. The van der Waals surface area contributed by atoms with Gasteiger partial charge in [0, 0.05) is 11.6 Å². The molecule has 0 aliphatic heterocycles. The van der Waals surface area contributed by atoms with E-state index in [0.717, 1.165) is 11.0 Å². The van der Waals surface area contributed by atoms with Crippen LogP contribution in [0.4, 0.5) is 0 Å². The van der Waals surface area contributed by atoms with Crippen molar-refractivity contribution in [1.82, 2.24) is 9.97 Å². The fourth-order valence-electron chi connectivity index (χ4n) is 1.97. The molecule has 0 atom stereocenters. The van der Waals surface area contributed by atoms with Crippen molar-refractivity contribution in [1.29, 1.82) is 0 Å². The summed E-state index contributed by atoms with van der Waals surface area (Å²) in [5.74, 6) is -0.311. The molecule has 3 aromatic rings. The number of para-hydroxylation sites is 2. The van der Waals surface area contributed by atoms with Crippen molar-refractivity contribution in [3.8, 4) is 0 Å². The highest BCUT2D eigenvalue weighted by Gasteiger charge is 2.11. The van der Waals surface area contributed by atoms with Crippen LogP contribution in [-0.2, 0) is 0 Å². The van der Waals surface area contributed by atoms with Crippen molar-refractivity contribution in [3.05, 3.63) is 71.7 Å². The van der Waals surface area contributed by atoms with Gasteiger partial charge in [0.1, 0.15) is 5.82 Å². The fraction of sp³-hybridized carbons (Fsp3) is 0. The number of aromatic amines is 1. The van der Waals surface area contributed by atoms with E-state index in [9.17, 15) is 9.90 Å². The molecule has 0 bridgehead atoms. The van der Waals surface area contributed by atoms with Gasteiger partial charge in [0.25, 0.3) is 0 Å². The van der Waals surface area contributed by atoms with Crippen molar-refractivity contribution in [3.63, 3.8) is 0 Å². The van der Waals surface area contributed by atoms with Crippen LogP contribution in [0.3, 0.4) is 0 Å². The van der Waals surface area contributed by atoms with E-state index >= 15 is 0 Å². The molecule has 0 aliphatic rings. The highest BCUT2D eigenvalue weighted by molar-refractivity contribution is 6.09. The summed E-state index contributed by atoms with van der Waals surface area (Å²) < 4.78 is 0. The van der Waals surface area contributed by atoms with Gasteiger partial charge in [0.2, 0.25) is 5.78 Å². The zero-order valence-corrected chi connectivity index (χ0v) is 10.6. The van der Waals surface area contributed by atoms with E-state index in [1.54, 1.807) is 24.3 Å². The molecule has 0 saturated carbocycles. The number of ketones is 1. The van der Waals surface area contributed by atoms with Gasteiger partial charge in [-0.05, 0) is 12.1 Å². The molecule has 98 valence electrons. The molecule has 4 heteroatoms. The van der Waals surface area contributed by atoms with Crippen LogP contribution in [0.1, 0.15) is 16.2 Å². The Kier molecular flexibility index (Phi) is 3.05. The Morgan fingerprint density at radius 1 is 1.05 bits per heavy atom. The number of fused-ring (bicyclic) bond motifs is 1. The summed E-state index contributed by atoms with van der Waals surface area (Å²) >= 11 is 0. The number of rotatable bonds is 3. The van der Waals surface area contributed by atoms with Gasteiger partial charge in [-0.2, -0.15) is 0 Å². The number of carbonyl (C=O) groups excluding carboxylic acids is 1. The molecule has 0 radical (unpaired) electrons. The molecule has 0 spiro atoms. The molecule has 0 amide bonds. The Balaban J connectivity index is 1.93. The number of aliphatic hydroxyl groups excluding tert-OH is 1. The summed E-state index contributed by atoms with van der Waals surface area (Å²) in [4.78, 5) is 19.3. The summed E-state index contributed by atoms with van der Waals surface area (Å²) in [7, 11) is 0. The standard InChI is InChI=1S/C16H12N2O2/c19-14(16(20)11-6-2-1-3-7-11)10-15-17-12-8-4-5-9-13(12)18-15/h1-10,19H,(H,17,18)/b14-10-. The maximum Gasteiger partial charge on any atom is 0.227 e. The van der Waals surface area contributed by atoms with Crippen molar-refractivity contribution >= 4 is 22.9 Å². The highest BCUT2D eigenvalue weighted by atomic mass is 16.3. The van der Waals surface area contributed by atoms with E-state index in [2.05, 4.69) is 9.97 Å². The SMILES string of the molecule is O=C(/C(O)=C/c1nc2ccccc2[nH]1)c1ccccc1. The summed E-state index contributed by atoms with van der Waals surface area (Å²) in [6, 6.07) is 16.2. The summed E-state index contributed by atoms with van der Waals surface area (Å²) in [5.41, 5.74) is 2.09. The average molecular weight is 264 g/mol. The molecule has 2 N–H and O–H groups in total. The van der Waals surface area contributed by atoms with Crippen molar-refractivity contribution in [2.45, 2.75) is 0 Å². The number of aliphatic hydroxyl groups is 1. The molecule has 1 aromatic heterocycles. The number of hydrogen-bond acceptors (Lipinski definition) is 3. The third kappa shape index (κ3) is 2.31. The van der Waals surface area contributed by atoms with E-state index in [4.69, 9.17) is 0 Å². The molecule has 0 fully saturated rings. The van der Waals surface area contributed by atoms with Gasteiger partial charge in [0.05, 0.1) is 11.0 Å². The number of imidazole rings is 1. The van der Waals surface area contributed by atoms with Crippen LogP contribution in [-0.4, -0.2) is 20.9 Å². The normalized spacial score (nSPS) is 11.7. The second-order valence-corrected chi connectivity index (χ2v) is 4.36. The number of nitrogens with zero attached hydrogens (tertiary/aromatic N) is 1. The number of H-pyrrole nitrogens is 1. The molecule has 20 heavy (non-hydrogen) atoms. The number of nitrogens with one attached hydrogen (secondary N) is 1. The van der Waals surface area contributed by atoms with Crippen LogP contribution in [0.25, 0.3) is 17.1 Å². The second-order valence-electron chi connectivity index (χ2n) is 4.36. The van der Waals surface area contributed by atoms with Gasteiger partial charge in [-0.1, -0.05) is 42.5 Å². The Morgan fingerprint density at radius 3 is 2.50 bits per heavy atom. The topological polar surface area (TPSA) is 66.0 Å². The first-order valence-electron chi connectivity index (χ1n) is 6.19. The number of Topliss-reactive ketones (excluding diaryl/α,β-unsaturated/α-hetero) is 1. The number of aromatic nitrogens is 2. The lowest BCUT2D eigenvalue weighted by Crippen LogP contribution is -2.02. The molecular weight excluding hydrogens is 252 g/mol. The van der Waals surface area contributed by atoms with E-state index in [1.165, 1.54) is 6.08 Å². The predicted molar refractivity (Wildman–Crippen MR) is 77.5 cm³/mol. The van der Waals surface area contributed by atoms with Gasteiger partial charge in [0.15, 0.2) is 5.76 Å². The number of hydrogen-bond donors (Lipinski definition) is 2. The van der Waals surface area contributed by atoms with E-state index in [0.29, 0.717) is 11.4 Å². The summed E-state index contributed by atoms with van der Waals surface area (Å²) in [6.45, 7) is 0. The van der Waals surface area contributed by atoms with Crippen LogP contribution in [0.2, 0.25) is 0 Å². The van der Waals surface area contributed by atoms with Crippen LogP contribution in [0, 0.1) is 0 Å². The Hall–Kier alpha value is -2.88. The molecule has 4 nitrogen and oxygen atoms in total. The minimum atomic E-state index is -0.425. The average Bonchev–Trinajstić information content (AvgIpc) is 2.89. The maximum atomic E-state index is 12.0. The Bertz CT molecular complexity index is 755. The maximum absolute atomic E-state index is 12.0. The van der Waals surface area contributed by atoms with Crippen LogP contribution in [0.5, 0.6) is 0 Å². The third-order valence-corrected chi connectivity index (χ3v) is 2.95. The predicted octanol–water partition coefficient (Wildman–Crippen LogP) is 3.34. The van der Waals surface area contributed by atoms with Crippen LogP contribution >= 0.6 is 0 Å². The monoisotopic (exact) mass is 264 g/mol. The van der Waals surface area contributed by atoms with E-state index in [-0.39, 0.29) is 5.76 Å². The van der Waals surface area contributed by atoms with Crippen LogP contribution < -0.4 is 0 Å². The van der Waals surface area contributed by atoms with Crippen molar-refractivity contribution < 1.29 is 9.90 Å². The molecule has 0 saturated heterocycles. The second kappa shape index (κ2) is 5.01. The first kappa shape index (κ1) is 12.2. The van der Waals surface area contributed by atoms with Crippen LogP contribution in [0.15, 0.2) is 60.4 Å². The van der Waals surface area contributed by atoms with Gasteiger partial charge in [-0.25, -0.2) is 4.98 Å². The van der Waals surface area contributed by atoms with Gasteiger partial charge < -0.3 is 10.1 Å². The molecular formula is C16H12N2O2. The van der Waals surface area contributed by atoms with Gasteiger partial charge >= 0.3 is 0 Å². The lowest BCUT2D eigenvalue weighted by Gasteiger charge is -1.98. The van der Waals surface area contributed by atoms with Crippen molar-refractivity contribution in [2.75, 3.05) is 0 Å². The number of carbonyl (C=O) groups is 1. The Morgan fingerprint density at radius 2 is 1.75 bits per heavy atom. The van der Waals surface area contributed by atoms with Crippen molar-refractivity contribution in [2.24, 2.45) is 0 Å². The first-order valence-corrected chi connectivity index (χ1v) is 6.19. The zero-order chi connectivity index (χ0) is 13.9. The smallest absolute Gasteiger partial charge is 0.227 e. The first-order chi connectivity index (χ1) is 9.74. The molecule has 0 unspecified atom stereocenters. The minimum Gasteiger partial charge on any atom is -0.504 e. The van der Waals surface area contributed by atoms with Gasteiger partial charge in [-0.3, -0.25) is 4.79 Å². The summed E-state index contributed by atoms with van der Waals surface area (Å²) in [6.07, 6.45) is 1.34. The molecule has 3 rings (SSSR count). The largest absolute Gasteiger partial charge is 0.504 e. The third-order valence-electron chi connectivity index (χ3n) is 2.95.